The second-order valence-corrected chi connectivity index (χ2v) is 13.5. The number of halogens is 1. The molecule has 0 radical (unpaired) electrons. The Balaban J connectivity index is 1.73. The normalized spacial score (nSPS) is 17.0. The zero-order chi connectivity index (χ0) is 22.4. The number of ether oxygens (including phenoxy) is 1. The predicted molar refractivity (Wildman–Crippen MR) is 127 cm³/mol. The average molecular weight is 446 g/mol. The molecule has 0 aliphatic carbocycles. The quantitative estimate of drug-likeness (QED) is 0.434. The van der Waals surface area contributed by atoms with Gasteiger partial charge in [-0.25, -0.2) is 0 Å². The Hall–Kier alpha value is -2.26. The number of benzene rings is 2. The Morgan fingerprint density at radius 2 is 1.71 bits per heavy atom. The summed E-state index contributed by atoms with van der Waals surface area (Å²) < 4.78 is 19.2. The van der Waals surface area contributed by atoms with E-state index < -0.39 is 7.26 Å². The zero-order valence-electron chi connectivity index (χ0n) is 18.7. The van der Waals surface area contributed by atoms with Gasteiger partial charge in [-0.2, -0.15) is 0 Å². The van der Waals surface area contributed by atoms with Crippen molar-refractivity contribution in [2.75, 3.05) is 23.8 Å². The summed E-state index contributed by atoms with van der Waals surface area (Å²) in [5, 5.41) is 3.07. The first-order valence-electron chi connectivity index (χ1n) is 11.1. The van der Waals surface area contributed by atoms with Gasteiger partial charge >= 0.3 is 185 Å². The van der Waals surface area contributed by atoms with Gasteiger partial charge in [0.15, 0.2) is 0 Å². The number of hydrogen-bond acceptors (Lipinski definition) is 3. The molecule has 0 aromatic heterocycles. The molecular weight excluding hydrogens is 412 g/mol. The van der Waals surface area contributed by atoms with Crippen LogP contribution in [-0.2, 0) is 20.9 Å². The Labute approximate surface area is 184 Å². The van der Waals surface area contributed by atoms with Crippen LogP contribution >= 0.6 is 7.26 Å². The molecule has 1 amide bonds. The van der Waals surface area contributed by atoms with E-state index in [2.05, 4.69) is 5.32 Å². The molecule has 168 valence electrons. The fourth-order valence-corrected chi connectivity index (χ4v) is 10.6. The Morgan fingerprint density at radius 3 is 2.29 bits per heavy atom. The summed E-state index contributed by atoms with van der Waals surface area (Å²) in [4.78, 5) is 26.1. The SMILES string of the molecule is CCC(C(=O)Nc1c(C)cc(F)cc1C)[PH]1(CC(=O)OCc2ccccc2)CCCC1. The number of aryl methyl sites for hydroxylation is 2. The van der Waals surface area contributed by atoms with Crippen LogP contribution in [0.5, 0.6) is 0 Å². The van der Waals surface area contributed by atoms with Gasteiger partial charge in [0.2, 0.25) is 0 Å². The molecule has 1 atom stereocenters. The van der Waals surface area contributed by atoms with Crippen molar-refractivity contribution in [1.82, 2.24) is 0 Å². The van der Waals surface area contributed by atoms with Crippen molar-refractivity contribution in [3.63, 3.8) is 0 Å². The van der Waals surface area contributed by atoms with Crippen LogP contribution in [0.4, 0.5) is 10.1 Å². The summed E-state index contributed by atoms with van der Waals surface area (Å²) in [6, 6.07) is 12.5. The molecule has 3 rings (SSSR count). The molecule has 1 aliphatic heterocycles. The number of esters is 1. The minimum absolute atomic E-state index is 0.0373. The number of hydrogen-bond donors (Lipinski definition) is 1. The van der Waals surface area contributed by atoms with Crippen molar-refractivity contribution >= 4 is 24.8 Å². The van der Waals surface area contributed by atoms with E-state index in [4.69, 9.17) is 4.74 Å². The van der Waals surface area contributed by atoms with E-state index in [9.17, 15) is 14.0 Å². The summed E-state index contributed by atoms with van der Waals surface area (Å²) in [5.74, 6) is -0.537. The number of nitrogens with one attached hydrogen (secondary N) is 1. The van der Waals surface area contributed by atoms with E-state index in [-0.39, 0.29) is 30.0 Å². The number of carbonyl (C=O) groups is 2. The van der Waals surface area contributed by atoms with Crippen molar-refractivity contribution in [2.24, 2.45) is 0 Å². The molecule has 1 saturated heterocycles. The molecule has 0 bridgehead atoms. The Morgan fingerprint density at radius 1 is 1.10 bits per heavy atom. The molecule has 1 unspecified atom stereocenters. The minimum atomic E-state index is -2.19. The summed E-state index contributed by atoms with van der Waals surface area (Å²) in [6.07, 6.45) is 5.16. The Kier molecular flexibility index (Phi) is 7.83. The molecule has 2 aromatic rings. The summed E-state index contributed by atoms with van der Waals surface area (Å²) in [7, 11) is -2.19. The topological polar surface area (TPSA) is 55.4 Å². The van der Waals surface area contributed by atoms with Crippen LogP contribution in [0.2, 0.25) is 0 Å². The fourth-order valence-electron chi connectivity index (χ4n) is 5.02. The number of amides is 1. The van der Waals surface area contributed by atoms with Gasteiger partial charge in [0.25, 0.3) is 0 Å². The summed E-state index contributed by atoms with van der Waals surface area (Å²) >= 11 is 0. The van der Waals surface area contributed by atoms with Crippen LogP contribution in [0.25, 0.3) is 0 Å². The number of anilines is 1. The van der Waals surface area contributed by atoms with E-state index in [0.717, 1.165) is 30.7 Å². The van der Waals surface area contributed by atoms with Crippen LogP contribution in [-0.4, -0.2) is 36.0 Å². The van der Waals surface area contributed by atoms with E-state index in [1.807, 2.05) is 37.3 Å². The molecule has 31 heavy (non-hydrogen) atoms. The first-order chi connectivity index (χ1) is 14.8. The second kappa shape index (κ2) is 10.4. The average Bonchev–Trinajstić information content (AvgIpc) is 3.19. The molecular formula is C25H33FNO3P. The van der Waals surface area contributed by atoms with Gasteiger partial charge in [-0.05, 0) is 0 Å². The van der Waals surface area contributed by atoms with Gasteiger partial charge in [-0.1, -0.05) is 0 Å². The third-order valence-electron chi connectivity index (χ3n) is 6.55. The molecule has 1 fully saturated rings. The van der Waals surface area contributed by atoms with Crippen molar-refractivity contribution < 1.29 is 18.7 Å². The molecule has 1 N–H and O–H groups in total. The van der Waals surface area contributed by atoms with Gasteiger partial charge in [0.05, 0.1) is 0 Å². The molecule has 0 saturated carbocycles. The Bertz CT molecular complexity index is 903. The maximum atomic E-state index is 13.7. The van der Waals surface area contributed by atoms with Gasteiger partial charge in [-0.3, -0.25) is 0 Å². The summed E-state index contributed by atoms with van der Waals surface area (Å²) in [5.41, 5.74) is 2.90. The number of rotatable bonds is 8. The van der Waals surface area contributed by atoms with Gasteiger partial charge in [-0.15, -0.1) is 0 Å². The zero-order valence-corrected chi connectivity index (χ0v) is 19.7. The molecule has 1 heterocycles. The molecule has 2 aromatic carbocycles. The first-order valence-corrected chi connectivity index (χ1v) is 13.8. The third-order valence-corrected chi connectivity index (χ3v) is 12.4. The van der Waals surface area contributed by atoms with Gasteiger partial charge < -0.3 is 0 Å². The van der Waals surface area contributed by atoms with E-state index in [1.54, 1.807) is 13.8 Å². The van der Waals surface area contributed by atoms with Gasteiger partial charge in [0, 0.05) is 0 Å². The fraction of sp³-hybridized carbons (Fsp3) is 0.440. The third kappa shape index (κ3) is 5.71. The second-order valence-electron chi connectivity index (χ2n) is 8.76. The van der Waals surface area contributed by atoms with Crippen LogP contribution in [0, 0.1) is 19.7 Å². The number of carbonyl (C=O) groups excluding carboxylic acids is 2. The van der Waals surface area contributed by atoms with Crippen LogP contribution in [0.3, 0.4) is 0 Å². The van der Waals surface area contributed by atoms with E-state index in [0.29, 0.717) is 29.4 Å². The molecule has 1 aliphatic rings. The predicted octanol–water partition coefficient (Wildman–Crippen LogP) is 5.45. The van der Waals surface area contributed by atoms with Crippen LogP contribution in [0.1, 0.15) is 42.9 Å². The van der Waals surface area contributed by atoms with Gasteiger partial charge in [0.1, 0.15) is 0 Å². The van der Waals surface area contributed by atoms with Crippen molar-refractivity contribution in [3.8, 4) is 0 Å². The first kappa shape index (κ1) is 23.4. The molecule has 4 nitrogen and oxygen atoms in total. The monoisotopic (exact) mass is 445 g/mol. The standard InChI is InChI=1S/C25H33FNO3P/c1-4-22(25(29)27-24-18(2)14-21(26)15-19(24)3)31(12-8-9-13-31)17-23(28)30-16-20-10-6-5-7-11-20/h5-7,10-11,14-15,22,31H,4,8-9,12-13,16-17H2,1-3H3,(H,27,29). The van der Waals surface area contributed by atoms with Crippen molar-refractivity contribution in [2.45, 2.75) is 52.3 Å². The van der Waals surface area contributed by atoms with E-state index in [1.165, 1.54) is 12.1 Å². The van der Waals surface area contributed by atoms with Crippen molar-refractivity contribution in [3.05, 3.63) is 65.0 Å². The molecule has 6 heteroatoms. The van der Waals surface area contributed by atoms with E-state index >= 15 is 0 Å². The summed E-state index contributed by atoms with van der Waals surface area (Å²) in [6.45, 7) is 5.89. The van der Waals surface area contributed by atoms with Crippen molar-refractivity contribution in [1.29, 1.82) is 0 Å². The maximum absolute atomic E-state index is 13.7. The van der Waals surface area contributed by atoms with Crippen LogP contribution in [0.15, 0.2) is 42.5 Å². The molecule has 0 spiro atoms. The van der Waals surface area contributed by atoms with Crippen LogP contribution < -0.4 is 5.32 Å².